The first kappa shape index (κ1) is 19.0. The van der Waals surface area contributed by atoms with E-state index in [4.69, 9.17) is 19.7 Å². The van der Waals surface area contributed by atoms with Crippen LogP contribution in [0.2, 0.25) is 0 Å². The van der Waals surface area contributed by atoms with E-state index < -0.39 is 0 Å². The molecule has 0 saturated carbocycles. The average molecular weight is 444 g/mol. The second-order valence-corrected chi connectivity index (χ2v) is 7.76. The fourth-order valence-electron chi connectivity index (χ4n) is 3.61. The quantitative estimate of drug-likeness (QED) is 0.627. The lowest BCUT2D eigenvalue weighted by atomic mass is 9.87. The number of aromatic nitrogens is 2. The Morgan fingerprint density at radius 2 is 1.96 bits per heavy atom. The highest BCUT2D eigenvalue weighted by Gasteiger charge is 2.19. The number of methoxy groups -OCH3 is 2. The monoisotopic (exact) mass is 443 g/mol. The molecule has 0 radical (unpaired) electrons. The molecule has 0 fully saturated rings. The zero-order valence-corrected chi connectivity index (χ0v) is 17.5. The van der Waals surface area contributed by atoms with Crippen LogP contribution in [0.1, 0.15) is 41.4 Å². The summed E-state index contributed by atoms with van der Waals surface area (Å²) in [4.78, 5) is 4.58. The van der Waals surface area contributed by atoms with Gasteiger partial charge in [-0.3, -0.25) is 0 Å². The fourth-order valence-corrected chi connectivity index (χ4v) is 4.08. The summed E-state index contributed by atoms with van der Waals surface area (Å²) in [6.45, 7) is 0. The Hall–Kier alpha value is -2.38. The molecule has 4 rings (SSSR count). The molecule has 0 saturated heterocycles. The molecule has 0 spiro atoms. The normalized spacial score (nSPS) is 15.9. The van der Waals surface area contributed by atoms with E-state index >= 15 is 0 Å². The van der Waals surface area contributed by atoms with Gasteiger partial charge in [-0.15, -0.1) is 0 Å². The average Bonchev–Trinajstić information content (AvgIpc) is 3.18. The molecule has 6 nitrogen and oxygen atoms in total. The third-order valence-electron chi connectivity index (χ3n) is 5.12. The van der Waals surface area contributed by atoms with E-state index in [1.165, 1.54) is 11.1 Å². The zero-order valence-electron chi connectivity index (χ0n) is 15.9. The van der Waals surface area contributed by atoms with Gasteiger partial charge in [0.05, 0.1) is 14.2 Å². The molecule has 146 valence electrons. The van der Waals surface area contributed by atoms with E-state index in [1.54, 1.807) is 14.2 Å². The number of benzene rings is 2. The van der Waals surface area contributed by atoms with E-state index in [1.807, 2.05) is 18.2 Å². The fraction of sp³-hybridized carbons (Fsp3) is 0.333. The Morgan fingerprint density at radius 1 is 1.18 bits per heavy atom. The number of ether oxygens (including phenoxy) is 2. The maximum absolute atomic E-state index is 6.27. The highest BCUT2D eigenvalue weighted by molar-refractivity contribution is 9.10. The van der Waals surface area contributed by atoms with Crippen LogP contribution in [-0.4, -0.2) is 24.4 Å². The highest BCUT2D eigenvalue weighted by Crippen LogP contribution is 2.35. The first-order chi connectivity index (χ1) is 13.6. The Labute approximate surface area is 172 Å². The van der Waals surface area contributed by atoms with Gasteiger partial charge in [0.25, 0.3) is 5.89 Å². The number of rotatable bonds is 5. The topological polar surface area (TPSA) is 83.4 Å². The molecular formula is C21H22BrN3O3. The molecule has 1 atom stereocenters. The number of hydrogen-bond donors (Lipinski definition) is 1. The van der Waals surface area contributed by atoms with Crippen LogP contribution in [0, 0.1) is 0 Å². The number of hydrogen-bond acceptors (Lipinski definition) is 6. The van der Waals surface area contributed by atoms with Gasteiger partial charge in [0.1, 0.15) is 0 Å². The summed E-state index contributed by atoms with van der Waals surface area (Å²) in [7, 11) is 3.22. The highest BCUT2D eigenvalue weighted by atomic mass is 79.9. The SMILES string of the molecule is COc1cc(Br)c(Cc2noc(-c3ccc4c(c3)C(N)CCC4)n2)cc1OC. The number of fused-ring (bicyclic) bond motifs is 1. The van der Waals surface area contributed by atoms with Crippen LogP contribution in [0.5, 0.6) is 11.5 Å². The molecule has 0 aliphatic heterocycles. The van der Waals surface area contributed by atoms with Crippen LogP contribution >= 0.6 is 15.9 Å². The first-order valence-electron chi connectivity index (χ1n) is 9.20. The molecule has 7 heteroatoms. The van der Waals surface area contributed by atoms with Gasteiger partial charge in [0.2, 0.25) is 0 Å². The predicted molar refractivity (Wildman–Crippen MR) is 110 cm³/mol. The van der Waals surface area contributed by atoms with Crippen LogP contribution in [0.15, 0.2) is 39.3 Å². The maximum atomic E-state index is 6.27. The Balaban J connectivity index is 1.60. The standard InChI is InChI=1S/C21H22BrN3O3/c1-26-18-9-14(16(22)11-19(18)27-2)10-20-24-21(28-25-20)13-7-6-12-4-3-5-17(23)15(12)8-13/h6-9,11,17H,3-5,10,23H2,1-2H3. The van der Waals surface area contributed by atoms with Crippen molar-refractivity contribution >= 4 is 15.9 Å². The van der Waals surface area contributed by atoms with Crippen molar-refractivity contribution in [3.05, 3.63) is 57.3 Å². The molecule has 2 N–H and O–H groups in total. The number of halogens is 1. The largest absolute Gasteiger partial charge is 0.493 e. The van der Waals surface area contributed by atoms with Crippen molar-refractivity contribution in [1.29, 1.82) is 0 Å². The van der Waals surface area contributed by atoms with Crippen molar-refractivity contribution in [3.63, 3.8) is 0 Å². The molecule has 3 aromatic rings. The molecule has 1 aliphatic rings. The van der Waals surface area contributed by atoms with Gasteiger partial charge in [-0.2, -0.15) is 4.98 Å². The zero-order chi connectivity index (χ0) is 19.7. The van der Waals surface area contributed by atoms with Crippen LogP contribution in [0.3, 0.4) is 0 Å². The minimum Gasteiger partial charge on any atom is -0.493 e. The van der Waals surface area contributed by atoms with Gasteiger partial charge < -0.3 is 19.7 Å². The Bertz CT molecular complexity index is 1000. The van der Waals surface area contributed by atoms with E-state index in [0.717, 1.165) is 34.9 Å². The van der Waals surface area contributed by atoms with E-state index in [-0.39, 0.29) is 6.04 Å². The first-order valence-corrected chi connectivity index (χ1v) is 10.00. The number of nitrogens with two attached hydrogens (primary N) is 1. The van der Waals surface area contributed by atoms with Crippen LogP contribution < -0.4 is 15.2 Å². The van der Waals surface area contributed by atoms with Crippen molar-refractivity contribution in [2.24, 2.45) is 5.73 Å². The van der Waals surface area contributed by atoms with Gasteiger partial charge >= 0.3 is 0 Å². The molecular weight excluding hydrogens is 422 g/mol. The molecule has 1 unspecified atom stereocenters. The summed E-state index contributed by atoms with van der Waals surface area (Å²) < 4.78 is 17.1. The van der Waals surface area contributed by atoms with Crippen LogP contribution in [-0.2, 0) is 12.8 Å². The molecule has 0 bridgehead atoms. The van der Waals surface area contributed by atoms with E-state index in [0.29, 0.717) is 29.6 Å². The summed E-state index contributed by atoms with van der Waals surface area (Å²) >= 11 is 3.57. The summed E-state index contributed by atoms with van der Waals surface area (Å²) in [5, 5.41) is 4.15. The molecule has 28 heavy (non-hydrogen) atoms. The molecule has 0 amide bonds. The van der Waals surface area contributed by atoms with Crippen molar-refractivity contribution < 1.29 is 14.0 Å². The molecule has 2 aromatic carbocycles. The third-order valence-corrected chi connectivity index (χ3v) is 5.86. The van der Waals surface area contributed by atoms with Crippen molar-refractivity contribution in [2.45, 2.75) is 31.7 Å². The smallest absolute Gasteiger partial charge is 0.257 e. The van der Waals surface area contributed by atoms with E-state index in [9.17, 15) is 0 Å². The van der Waals surface area contributed by atoms with Crippen molar-refractivity contribution in [1.82, 2.24) is 10.1 Å². The van der Waals surface area contributed by atoms with Crippen LogP contribution in [0.4, 0.5) is 0 Å². The number of aryl methyl sites for hydroxylation is 1. The lowest BCUT2D eigenvalue weighted by molar-refractivity contribution is 0.354. The van der Waals surface area contributed by atoms with Crippen LogP contribution in [0.25, 0.3) is 11.5 Å². The molecule has 1 aliphatic carbocycles. The maximum Gasteiger partial charge on any atom is 0.257 e. The Morgan fingerprint density at radius 3 is 2.75 bits per heavy atom. The van der Waals surface area contributed by atoms with Crippen molar-refractivity contribution in [2.75, 3.05) is 14.2 Å². The number of nitrogens with zero attached hydrogens (tertiary/aromatic N) is 2. The van der Waals surface area contributed by atoms with Gasteiger partial charge in [0, 0.05) is 22.5 Å². The second kappa shape index (κ2) is 7.93. The molecule has 1 aromatic heterocycles. The summed E-state index contributed by atoms with van der Waals surface area (Å²) in [6, 6.07) is 10.1. The summed E-state index contributed by atoms with van der Waals surface area (Å²) in [5.41, 5.74) is 10.7. The van der Waals surface area contributed by atoms with Gasteiger partial charge in [0.15, 0.2) is 17.3 Å². The van der Waals surface area contributed by atoms with Gasteiger partial charge in [-0.25, -0.2) is 0 Å². The minimum absolute atomic E-state index is 0.0776. The second-order valence-electron chi connectivity index (χ2n) is 6.90. The van der Waals surface area contributed by atoms with E-state index in [2.05, 4.69) is 38.2 Å². The molecule has 1 heterocycles. The summed E-state index contributed by atoms with van der Waals surface area (Å²) in [6.07, 6.45) is 3.73. The predicted octanol–water partition coefficient (Wildman–Crippen LogP) is 4.44. The summed E-state index contributed by atoms with van der Waals surface area (Å²) in [5.74, 6) is 2.43. The lowest BCUT2D eigenvalue weighted by Crippen LogP contribution is -2.17. The van der Waals surface area contributed by atoms with Gasteiger partial charge in [-0.1, -0.05) is 27.2 Å². The van der Waals surface area contributed by atoms with Crippen molar-refractivity contribution in [3.8, 4) is 23.0 Å². The minimum atomic E-state index is 0.0776. The van der Waals surface area contributed by atoms with Gasteiger partial charge in [-0.05, 0) is 60.2 Å². The Kier molecular flexibility index (Phi) is 5.37. The lowest BCUT2D eigenvalue weighted by Gasteiger charge is -2.22. The third kappa shape index (κ3) is 3.64.